The summed E-state index contributed by atoms with van der Waals surface area (Å²) in [5.41, 5.74) is 1.50. The Labute approximate surface area is 140 Å². The van der Waals surface area contributed by atoms with Crippen LogP contribution in [0.1, 0.15) is 17.9 Å². The highest BCUT2D eigenvalue weighted by atomic mass is 35.5. The van der Waals surface area contributed by atoms with E-state index in [1.54, 1.807) is 0 Å². The van der Waals surface area contributed by atoms with E-state index >= 15 is 0 Å². The number of piperazine rings is 1. The van der Waals surface area contributed by atoms with Crippen LogP contribution in [0.4, 0.5) is 0 Å². The first-order valence-corrected chi connectivity index (χ1v) is 7.52. The molecule has 1 heterocycles. The van der Waals surface area contributed by atoms with Crippen molar-refractivity contribution in [3.05, 3.63) is 35.9 Å². The maximum atomic E-state index is 3.71. The van der Waals surface area contributed by atoms with E-state index in [0.717, 1.165) is 18.5 Å². The van der Waals surface area contributed by atoms with Crippen molar-refractivity contribution in [3.8, 4) is 0 Å². The fraction of sp³-hybridized carbons (Fsp3) is 0.625. The monoisotopic (exact) mass is 331 g/mol. The van der Waals surface area contributed by atoms with Gasteiger partial charge in [-0.15, -0.1) is 24.8 Å². The van der Waals surface area contributed by atoms with Gasteiger partial charge in [0.05, 0.1) is 0 Å². The number of likely N-dealkylation sites (N-methyl/N-ethyl adjacent to an activating group) is 1. The minimum atomic E-state index is 0. The normalized spacial score (nSPS) is 25.8. The molecule has 3 nitrogen and oxygen atoms in total. The summed E-state index contributed by atoms with van der Waals surface area (Å²) in [6.45, 7) is 7.23. The molecule has 1 saturated heterocycles. The van der Waals surface area contributed by atoms with Gasteiger partial charge in [-0.25, -0.2) is 0 Å². The van der Waals surface area contributed by atoms with Crippen LogP contribution in [0.2, 0.25) is 0 Å². The summed E-state index contributed by atoms with van der Waals surface area (Å²) in [7, 11) is 2.21. The largest absolute Gasteiger partial charge is 0.312 e. The van der Waals surface area contributed by atoms with E-state index in [4.69, 9.17) is 0 Å². The van der Waals surface area contributed by atoms with Gasteiger partial charge < -0.3 is 10.2 Å². The maximum Gasteiger partial charge on any atom is 0.0143 e. The molecule has 5 heteroatoms. The Balaban J connectivity index is 0.00000110. The summed E-state index contributed by atoms with van der Waals surface area (Å²) in [6.07, 6.45) is 1.31. The number of nitrogens with zero attached hydrogens (tertiary/aromatic N) is 2. The van der Waals surface area contributed by atoms with Crippen molar-refractivity contribution in [3.63, 3.8) is 0 Å². The summed E-state index contributed by atoms with van der Waals surface area (Å²) in [4.78, 5) is 4.99. The van der Waals surface area contributed by atoms with Crippen LogP contribution in [-0.4, -0.2) is 62.2 Å². The molecule has 1 saturated carbocycles. The Morgan fingerprint density at radius 1 is 1.05 bits per heavy atom. The van der Waals surface area contributed by atoms with Crippen LogP contribution < -0.4 is 5.32 Å². The molecule has 0 bridgehead atoms. The molecule has 2 aliphatic rings. The van der Waals surface area contributed by atoms with Crippen molar-refractivity contribution in [2.45, 2.75) is 18.4 Å². The van der Waals surface area contributed by atoms with Gasteiger partial charge in [0, 0.05) is 51.2 Å². The SMILES string of the molecule is CN1CCN(CCNC2CC2c2ccccc2)CC1.Cl.Cl. The van der Waals surface area contributed by atoms with Gasteiger partial charge in [-0.1, -0.05) is 30.3 Å². The van der Waals surface area contributed by atoms with Crippen molar-refractivity contribution >= 4 is 24.8 Å². The molecule has 1 aromatic carbocycles. The van der Waals surface area contributed by atoms with Gasteiger partial charge in [-0.2, -0.15) is 0 Å². The zero-order valence-electron chi connectivity index (χ0n) is 12.7. The average molecular weight is 332 g/mol. The maximum absolute atomic E-state index is 3.71. The molecule has 2 unspecified atom stereocenters. The molecule has 120 valence electrons. The smallest absolute Gasteiger partial charge is 0.0143 e. The topological polar surface area (TPSA) is 18.5 Å². The lowest BCUT2D eigenvalue weighted by molar-refractivity contribution is 0.154. The Kier molecular flexibility index (Phi) is 7.99. The van der Waals surface area contributed by atoms with E-state index in [1.165, 1.54) is 44.7 Å². The highest BCUT2D eigenvalue weighted by Gasteiger charge is 2.37. The number of hydrogen-bond acceptors (Lipinski definition) is 3. The Hall–Kier alpha value is -0.320. The molecule has 0 radical (unpaired) electrons. The summed E-state index contributed by atoms with van der Waals surface area (Å²) in [6, 6.07) is 11.6. The first kappa shape index (κ1) is 18.7. The third-order valence-corrected chi connectivity index (χ3v) is 4.45. The minimum absolute atomic E-state index is 0. The minimum Gasteiger partial charge on any atom is -0.312 e. The highest BCUT2D eigenvalue weighted by Crippen LogP contribution is 2.40. The van der Waals surface area contributed by atoms with Gasteiger partial charge in [0.1, 0.15) is 0 Å². The summed E-state index contributed by atoms with van der Waals surface area (Å²) in [5.74, 6) is 0.758. The lowest BCUT2D eigenvalue weighted by atomic mass is 10.1. The van der Waals surface area contributed by atoms with Crippen LogP contribution in [-0.2, 0) is 0 Å². The molecule has 1 aromatic rings. The lowest BCUT2D eigenvalue weighted by Crippen LogP contribution is -2.46. The van der Waals surface area contributed by atoms with Gasteiger partial charge in [0.15, 0.2) is 0 Å². The second-order valence-corrected chi connectivity index (χ2v) is 5.96. The van der Waals surface area contributed by atoms with Crippen LogP contribution >= 0.6 is 24.8 Å². The first-order chi connectivity index (χ1) is 9.33. The Morgan fingerprint density at radius 3 is 2.38 bits per heavy atom. The third kappa shape index (κ3) is 5.42. The fourth-order valence-electron chi connectivity index (χ4n) is 2.97. The van der Waals surface area contributed by atoms with Crippen LogP contribution in [0.5, 0.6) is 0 Å². The molecule has 0 amide bonds. The molecule has 2 fully saturated rings. The molecule has 1 aliphatic carbocycles. The Bertz CT molecular complexity index is 394. The van der Waals surface area contributed by atoms with E-state index in [0.29, 0.717) is 0 Å². The second-order valence-electron chi connectivity index (χ2n) is 5.96. The molecule has 1 aliphatic heterocycles. The van der Waals surface area contributed by atoms with Crippen LogP contribution in [0.25, 0.3) is 0 Å². The third-order valence-electron chi connectivity index (χ3n) is 4.45. The number of benzene rings is 1. The van der Waals surface area contributed by atoms with Gasteiger partial charge in [0.2, 0.25) is 0 Å². The molecule has 0 spiro atoms. The van der Waals surface area contributed by atoms with Gasteiger partial charge in [0.25, 0.3) is 0 Å². The van der Waals surface area contributed by atoms with E-state index < -0.39 is 0 Å². The summed E-state index contributed by atoms with van der Waals surface area (Å²) >= 11 is 0. The van der Waals surface area contributed by atoms with E-state index in [-0.39, 0.29) is 24.8 Å². The van der Waals surface area contributed by atoms with Crippen LogP contribution in [0.15, 0.2) is 30.3 Å². The van der Waals surface area contributed by atoms with Crippen molar-refractivity contribution in [1.82, 2.24) is 15.1 Å². The number of rotatable bonds is 5. The lowest BCUT2D eigenvalue weighted by Gasteiger charge is -2.32. The van der Waals surface area contributed by atoms with Crippen molar-refractivity contribution in [2.75, 3.05) is 46.3 Å². The van der Waals surface area contributed by atoms with E-state index in [2.05, 4.69) is 52.5 Å². The highest BCUT2D eigenvalue weighted by molar-refractivity contribution is 5.85. The fourth-order valence-corrected chi connectivity index (χ4v) is 2.97. The van der Waals surface area contributed by atoms with E-state index in [9.17, 15) is 0 Å². The predicted molar refractivity (Wildman–Crippen MR) is 94.0 cm³/mol. The van der Waals surface area contributed by atoms with Crippen molar-refractivity contribution < 1.29 is 0 Å². The average Bonchev–Trinajstić information content (AvgIpc) is 3.22. The van der Waals surface area contributed by atoms with Gasteiger partial charge in [-0.3, -0.25) is 4.90 Å². The number of hydrogen-bond donors (Lipinski definition) is 1. The molecule has 3 rings (SSSR count). The molecule has 21 heavy (non-hydrogen) atoms. The predicted octanol–water partition coefficient (Wildman–Crippen LogP) is 2.22. The summed E-state index contributed by atoms with van der Waals surface area (Å²) < 4.78 is 0. The van der Waals surface area contributed by atoms with E-state index in [1.807, 2.05) is 0 Å². The first-order valence-electron chi connectivity index (χ1n) is 7.52. The van der Waals surface area contributed by atoms with Gasteiger partial charge >= 0.3 is 0 Å². The van der Waals surface area contributed by atoms with Crippen molar-refractivity contribution in [1.29, 1.82) is 0 Å². The molecular formula is C16H27Cl2N3. The number of nitrogens with one attached hydrogen (secondary N) is 1. The Morgan fingerprint density at radius 2 is 1.71 bits per heavy atom. The van der Waals surface area contributed by atoms with Crippen molar-refractivity contribution in [2.24, 2.45) is 0 Å². The standard InChI is InChI=1S/C16H25N3.2ClH/c1-18-9-11-19(12-10-18)8-7-17-16-13-15(16)14-5-3-2-4-6-14;;/h2-6,15-17H,7-13H2,1H3;2*1H. The molecule has 0 aromatic heterocycles. The zero-order valence-corrected chi connectivity index (χ0v) is 14.3. The van der Waals surface area contributed by atoms with Crippen LogP contribution in [0, 0.1) is 0 Å². The quantitative estimate of drug-likeness (QED) is 0.892. The van der Waals surface area contributed by atoms with Gasteiger partial charge in [-0.05, 0) is 19.0 Å². The summed E-state index contributed by atoms with van der Waals surface area (Å²) in [5, 5.41) is 3.71. The molecule has 2 atom stereocenters. The molecule has 1 N–H and O–H groups in total. The second kappa shape index (κ2) is 8.96. The van der Waals surface area contributed by atoms with Crippen LogP contribution in [0.3, 0.4) is 0 Å². The number of halogens is 2. The molecular weight excluding hydrogens is 305 g/mol. The zero-order chi connectivity index (χ0) is 13.1.